The summed E-state index contributed by atoms with van der Waals surface area (Å²) in [5.41, 5.74) is -0.540. The van der Waals surface area contributed by atoms with Crippen LogP contribution in [0.2, 0.25) is 0 Å². The van der Waals surface area contributed by atoms with Gasteiger partial charge in [0.15, 0.2) is 6.61 Å². The molecule has 0 saturated heterocycles. The molecule has 9 nitrogen and oxygen atoms in total. The molecule has 3 amide bonds. The highest BCUT2D eigenvalue weighted by Gasteiger charge is 2.28. The molecular weight excluding hydrogens is 374 g/mol. The van der Waals surface area contributed by atoms with Gasteiger partial charge in [0, 0.05) is 11.6 Å². The van der Waals surface area contributed by atoms with Crippen molar-refractivity contribution in [3.63, 3.8) is 0 Å². The molecule has 148 valence electrons. The monoisotopic (exact) mass is 397 g/mol. The highest BCUT2D eigenvalue weighted by atomic mass is 32.2. The summed E-state index contributed by atoms with van der Waals surface area (Å²) in [6.07, 6.45) is 1.58. The highest BCUT2D eigenvalue weighted by molar-refractivity contribution is 7.89. The number of benzene rings is 1. The molecule has 1 aliphatic carbocycles. The van der Waals surface area contributed by atoms with Crippen molar-refractivity contribution in [3.05, 3.63) is 29.8 Å². The third-order valence-corrected chi connectivity index (χ3v) is 4.87. The third kappa shape index (κ3) is 6.99. The first-order valence-corrected chi connectivity index (χ1v) is 9.86. The van der Waals surface area contributed by atoms with Gasteiger partial charge in [0.1, 0.15) is 0 Å². The number of sulfonamides is 1. The molecule has 0 aromatic heterocycles. The smallest absolute Gasteiger partial charge is 0.338 e. The number of carbonyl (C=O) groups excluding carboxylic acids is 3. The maximum absolute atomic E-state index is 12.2. The van der Waals surface area contributed by atoms with Crippen LogP contribution in [0.5, 0.6) is 0 Å². The lowest BCUT2D eigenvalue weighted by atomic mass is 10.1. The predicted octanol–water partition coefficient (Wildman–Crippen LogP) is 0.908. The number of hydrogen-bond acceptors (Lipinski definition) is 6. The molecule has 1 saturated carbocycles. The van der Waals surface area contributed by atoms with Gasteiger partial charge in [-0.15, -0.1) is 0 Å². The summed E-state index contributed by atoms with van der Waals surface area (Å²) < 4.78 is 31.7. The van der Waals surface area contributed by atoms with Crippen LogP contribution in [0, 0.1) is 0 Å². The molecule has 0 aliphatic heterocycles. The van der Waals surface area contributed by atoms with E-state index in [1.807, 2.05) is 5.32 Å². The third-order valence-electron chi connectivity index (χ3n) is 3.36. The van der Waals surface area contributed by atoms with Gasteiger partial charge in [0.25, 0.3) is 5.91 Å². The summed E-state index contributed by atoms with van der Waals surface area (Å²) in [5, 5.41) is 4.56. The van der Waals surface area contributed by atoms with Crippen LogP contribution in [0.3, 0.4) is 0 Å². The fourth-order valence-corrected chi connectivity index (χ4v) is 3.38. The Kier molecular flexibility index (Phi) is 6.22. The van der Waals surface area contributed by atoms with Crippen LogP contribution < -0.4 is 15.4 Å². The van der Waals surface area contributed by atoms with Crippen molar-refractivity contribution in [2.45, 2.75) is 50.1 Å². The lowest BCUT2D eigenvalue weighted by molar-refractivity contribution is -0.123. The van der Waals surface area contributed by atoms with Gasteiger partial charge in [-0.3, -0.25) is 10.1 Å². The molecule has 0 radical (unpaired) electrons. The molecule has 10 heteroatoms. The lowest BCUT2D eigenvalue weighted by Gasteiger charge is -2.20. The zero-order chi connectivity index (χ0) is 20.2. The van der Waals surface area contributed by atoms with E-state index in [1.54, 1.807) is 20.8 Å². The summed E-state index contributed by atoms with van der Waals surface area (Å²) >= 11 is 0. The number of rotatable bonds is 6. The first-order chi connectivity index (χ1) is 12.5. The van der Waals surface area contributed by atoms with Crippen molar-refractivity contribution < 1.29 is 27.5 Å². The fraction of sp³-hybridized carbons (Fsp3) is 0.471. The van der Waals surface area contributed by atoms with Gasteiger partial charge < -0.3 is 10.1 Å². The van der Waals surface area contributed by atoms with E-state index in [0.717, 1.165) is 12.8 Å². The standard InChI is InChI=1S/C17H23N3O6S/c1-17(2,3)19-16(23)18-14(21)10-26-15(22)11-5-4-6-13(9-11)27(24,25)20-12-7-8-12/h4-6,9,12,20H,7-8,10H2,1-3H3,(H2,18,19,21,23). The van der Waals surface area contributed by atoms with Crippen LogP contribution >= 0.6 is 0 Å². The molecule has 1 aromatic carbocycles. The van der Waals surface area contributed by atoms with Crippen molar-refractivity contribution in [2.24, 2.45) is 0 Å². The maximum Gasteiger partial charge on any atom is 0.338 e. The van der Waals surface area contributed by atoms with Crippen LogP contribution in [0.25, 0.3) is 0 Å². The van der Waals surface area contributed by atoms with Crippen molar-refractivity contribution in [3.8, 4) is 0 Å². The Morgan fingerprint density at radius 2 is 1.85 bits per heavy atom. The van der Waals surface area contributed by atoms with Crippen LogP contribution in [0.4, 0.5) is 4.79 Å². The summed E-state index contributed by atoms with van der Waals surface area (Å²) in [6.45, 7) is 4.57. The van der Waals surface area contributed by atoms with E-state index in [0.29, 0.717) is 0 Å². The second-order valence-corrected chi connectivity index (χ2v) is 8.97. The lowest BCUT2D eigenvalue weighted by Crippen LogP contribution is -2.49. The minimum atomic E-state index is -3.71. The molecular formula is C17H23N3O6S. The summed E-state index contributed by atoms with van der Waals surface area (Å²) in [6, 6.07) is 4.57. The number of nitrogens with one attached hydrogen (secondary N) is 3. The maximum atomic E-state index is 12.2. The first-order valence-electron chi connectivity index (χ1n) is 8.38. The molecule has 0 spiro atoms. The Bertz CT molecular complexity index is 840. The number of ether oxygens (including phenoxy) is 1. The van der Waals surface area contributed by atoms with Gasteiger partial charge in [-0.05, 0) is 51.8 Å². The number of urea groups is 1. The molecule has 0 heterocycles. The minimum absolute atomic E-state index is 0.0133. The predicted molar refractivity (Wildman–Crippen MR) is 96.5 cm³/mol. The van der Waals surface area contributed by atoms with E-state index in [2.05, 4.69) is 10.0 Å². The second kappa shape index (κ2) is 8.05. The largest absolute Gasteiger partial charge is 0.452 e. The van der Waals surface area contributed by atoms with Crippen molar-refractivity contribution >= 4 is 27.9 Å². The van der Waals surface area contributed by atoms with Crippen molar-refractivity contribution in [2.75, 3.05) is 6.61 Å². The SMILES string of the molecule is CC(C)(C)NC(=O)NC(=O)COC(=O)c1cccc(S(=O)(=O)NC2CC2)c1. The van der Waals surface area contributed by atoms with Gasteiger partial charge >= 0.3 is 12.0 Å². The molecule has 0 bridgehead atoms. The Labute approximate surface area is 157 Å². The Morgan fingerprint density at radius 3 is 2.44 bits per heavy atom. The topological polar surface area (TPSA) is 131 Å². The summed E-state index contributed by atoms with van der Waals surface area (Å²) in [4.78, 5) is 35.3. The van der Waals surface area contributed by atoms with Crippen LogP contribution in [0.15, 0.2) is 29.2 Å². The van der Waals surface area contributed by atoms with Gasteiger partial charge in [0.2, 0.25) is 10.0 Å². The molecule has 2 rings (SSSR count). The van der Waals surface area contributed by atoms with E-state index in [-0.39, 0.29) is 16.5 Å². The number of carbonyl (C=O) groups is 3. The first kappa shape index (κ1) is 20.8. The van der Waals surface area contributed by atoms with Crippen LogP contribution in [0.1, 0.15) is 44.0 Å². The zero-order valence-corrected chi connectivity index (χ0v) is 16.2. The molecule has 1 aromatic rings. The average molecular weight is 397 g/mol. The minimum Gasteiger partial charge on any atom is -0.452 e. The molecule has 27 heavy (non-hydrogen) atoms. The summed E-state index contributed by atoms with van der Waals surface area (Å²) in [5.74, 6) is -1.67. The van der Waals surface area contributed by atoms with Crippen LogP contribution in [-0.4, -0.2) is 44.5 Å². The van der Waals surface area contributed by atoms with Gasteiger partial charge in [-0.2, -0.15) is 0 Å². The van der Waals surface area contributed by atoms with E-state index < -0.39 is 40.1 Å². The Hall–Kier alpha value is -2.46. The molecule has 0 atom stereocenters. The fourth-order valence-electron chi connectivity index (χ4n) is 2.03. The van der Waals surface area contributed by atoms with Crippen LogP contribution in [-0.2, 0) is 19.6 Å². The highest BCUT2D eigenvalue weighted by Crippen LogP contribution is 2.22. The Morgan fingerprint density at radius 1 is 1.19 bits per heavy atom. The van der Waals surface area contributed by atoms with E-state index in [1.165, 1.54) is 24.3 Å². The van der Waals surface area contributed by atoms with E-state index in [4.69, 9.17) is 4.74 Å². The second-order valence-electron chi connectivity index (χ2n) is 7.25. The number of hydrogen-bond donors (Lipinski definition) is 3. The quantitative estimate of drug-likeness (QED) is 0.612. The Balaban J connectivity index is 1.91. The van der Waals surface area contributed by atoms with E-state index in [9.17, 15) is 22.8 Å². The molecule has 0 unspecified atom stereocenters. The number of imide groups is 1. The van der Waals surface area contributed by atoms with Crippen molar-refractivity contribution in [1.82, 2.24) is 15.4 Å². The molecule has 1 fully saturated rings. The normalized spacial score (nSPS) is 14.3. The summed E-state index contributed by atoms with van der Waals surface area (Å²) in [7, 11) is -3.71. The van der Waals surface area contributed by atoms with Crippen molar-refractivity contribution in [1.29, 1.82) is 0 Å². The number of amides is 3. The van der Waals surface area contributed by atoms with Gasteiger partial charge in [0.05, 0.1) is 10.5 Å². The van der Waals surface area contributed by atoms with E-state index >= 15 is 0 Å². The number of esters is 1. The van der Waals surface area contributed by atoms with Gasteiger partial charge in [-0.25, -0.2) is 22.7 Å². The average Bonchev–Trinajstić information content (AvgIpc) is 3.34. The zero-order valence-electron chi connectivity index (χ0n) is 15.4. The molecule has 3 N–H and O–H groups in total. The van der Waals surface area contributed by atoms with Gasteiger partial charge in [-0.1, -0.05) is 6.07 Å². The molecule has 1 aliphatic rings.